The van der Waals surface area contributed by atoms with Crippen LogP contribution in [0.5, 0.6) is 0 Å². The SMILES string of the molecule is C=C(C)/C=C(\CCC)C(F)(F)F. The molecule has 0 spiro atoms. The summed E-state index contributed by atoms with van der Waals surface area (Å²) < 4.78 is 36.5. The van der Waals surface area contributed by atoms with Crippen molar-refractivity contribution >= 4 is 0 Å². The Balaban J connectivity index is 4.55. The van der Waals surface area contributed by atoms with Gasteiger partial charge in [-0.15, -0.1) is 0 Å². The van der Waals surface area contributed by atoms with Crippen molar-refractivity contribution in [2.75, 3.05) is 0 Å². The Kier molecular flexibility index (Phi) is 4.07. The molecule has 0 rings (SSSR count). The molecule has 0 aliphatic carbocycles. The van der Waals surface area contributed by atoms with Crippen LogP contribution < -0.4 is 0 Å². The van der Waals surface area contributed by atoms with E-state index in [1.807, 2.05) is 0 Å². The van der Waals surface area contributed by atoms with E-state index in [2.05, 4.69) is 6.58 Å². The number of hydrogen-bond donors (Lipinski definition) is 0. The van der Waals surface area contributed by atoms with Crippen LogP contribution in [0.4, 0.5) is 13.2 Å². The fourth-order valence-electron chi connectivity index (χ4n) is 0.863. The van der Waals surface area contributed by atoms with Gasteiger partial charge in [0, 0.05) is 5.57 Å². The molecule has 0 unspecified atom stereocenters. The molecule has 0 aliphatic rings. The van der Waals surface area contributed by atoms with E-state index in [4.69, 9.17) is 0 Å². The summed E-state index contributed by atoms with van der Waals surface area (Å²) in [7, 11) is 0. The third kappa shape index (κ3) is 4.21. The van der Waals surface area contributed by atoms with Crippen molar-refractivity contribution in [2.45, 2.75) is 32.9 Å². The van der Waals surface area contributed by atoms with Crippen molar-refractivity contribution in [3.63, 3.8) is 0 Å². The summed E-state index contributed by atoms with van der Waals surface area (Å²) in [5.41, 5.74) is -0.0479. The molecule has 0 aliphatic heterocycles. The molecule has 0 nitrogen and oxygen atoms in total. The normalized spacial score (nSPS) is 13.2. The van der Waals surface area contributed by atoms with E-state index >= 15 is 0 Å². The van der Waals surface area contributed by atoms with Crippen molar-refractivity contribution in [1.82, 2.24) is 0 Å². The molecule has 0 heterocycles. The average Bonchev–Trinajstić information content (AvgIpc) is 1.83. The smallest absolute Gasteiger partial charge is 0.166 e. The molecule has 3 heteroatoms. The second-order valence-corrected chi connectivity index (χ2v) is 2.76. The zero-order valence-electron chi connectivity index (χ0n) is 7.33. The maximum atomic E-state index is 12.2. The highest BCUT2D eigenvalue weighted by Crippen LogP contribution is 2.29. The topological polar surface area (TPSA) is 0 Å². The van der Waals surface area contributed by atoms with Crippen molar-refractivity contribution in [3.8, 4) is 0 Å². The van der Waals surface area contributed by atoms with E-state index < -0.39 is 11.7 Å². The summed E-state index contributed by atoms with van der Waals surface area (Å²) in [5, 5.41) is 0. The summed E-state index contributed by atoms with van der Waals surface area (Å²) in [4.78, 5) is 0. The standard InChI is InChI=1S/C9H13F3/c1-4-5-8(6-7(2)3)9(10,11)12/h6H,2,4-5H2,1,3H3/b8-6+. The molecule has 0 saturated heterocycles. The van der Waals surface area contributed by atoms with Gasteiger partial charge in [-0.05, 0) is 13.3 Å². The van der Waals surface area contributed by atoms with Gasteiger partial charge in [0.25, 0.3) is 0 Å². The van der Waals surface area contributed by atoms with E-state index in [-0.39, 0.29) is 6.42 Å². The lowest BCUT2D eigenvalue weighted by Gasteiger charge is -2.10. The highest BCUT2D eigenvalue weighted by molar-refractivity contribution is 5.21. The van der Waals surface area contributed by atoms with Crippen LogP contribution in [0.25, 0.3) is 0 Å². The van der Waals surface area contributed by atoms with Crippen LogP contribution >= 0.6 is 0 Å². The summed E-state index contributed by atoms with van der Waals surface area (Å²) >= 11 is 0. The minimum Gasteiger partial charge on any atom is -0.166 e. The van der Waals surface area contributed by atoms with Gasteiger partial charge in [-0.3, -0.25) is 0 Å². The van der Waals surface area contributed by atoms with E-state index in [0.29, 0.717) is 12.0 Å². The van der Waals surface area contributed by atoms with Gasteiger partial charge in [0.05, 0.1) is 0 Å². The van der Waals surface area contributed by atoms with Crippen LogP contribution in [0.3, 0.4) is 0 Å². The molecule has 0 aromatic heterocycles. The fraction of sp³-hybridized carbons (Fsp3) is 0.556. The highest BCUT2D eigenvalue weighted by Gasteiger charge is 2.32. The van der Waals surface area contributed by atoms with E-state index in [0.717, 1.165) is 6.08 Å². The van der Waals surface area contributed by atoms with Crippen LogP contribution in [-0.4, -0.2) is 6.18 Å². The molecular formula is C9H13F3. The fourth-order valence-corrected chi connectivity index (χ4v) is 0.863. The Labute approximate surface area is 70.8 Å². The number of alkyl halides is 3. The highest BCUT2D eigenvalue weighted by atomic mass is 19.4. The first-order valence-electron chi connectivity index (χ1n) is 3.81. The van der Waals surface area contributed by atoms with Crippen molar-refractivity contribution < 1.29 is 13.2 Å². The summed E-state index contributed by atoms with van der Waals surface area (Å²) in [6, 6.07) is 0. The number of halogens is 3. The van der Waals surface area contributed by atoms with Crippen molar-refractivity contribution in [3.05, 3.63) is 23.8 Å². The molecule has 0 atom stereocenters. The van der Waals surface area contributed by atoms with Gasteiger partial charge in [0.1, 0.15) is 0 Å². The number of allylic oxidation sites excluding steroid dienone is 3. The molecular weight excluding hydrogens is 165 g/mol. The third-order valence-corrected chi connectivity index (χ3v) is 1.30. The molecule has 70 valence electrons. The molecule has 0 amide bonds. The zero-order chi connectivity index (χ0) is 9.78. The Morgan fingerprint density at radius 2 is 1.92 bits per heavy atom. The predicted octanol–water partition coefficient (Wildman–Crippen LogP) is 3.85. The Morgan fingerprint density at radius 1 is 1.42 bits per heavy atom. The minimum atomic E-state index is -4.20. The quantitative estimate of drug-likeness (QED) is 0.576. The second-order valence-electron chi connectivity index (χ2n) is 2.76. The van der Waals surface area contributed by atoms with Gasteiger partial charge in [-0.2, -0.15) is 13.2 Å². The van der Waals surface area contributed by atoms with E-state index in [1.54, 1.807) is 13.8 Å². The lowest BCUT2D eigenvalue weighted by atomic mass is 10.1. The number of hydrogen-bond acceptors (Lipinski definition) is 0. The van der Waals surface area contributed by atoms with Crippen LogP contribution in [0.2, 0.25) is 0 Å². The Hall–Kier alpha value is -0.730. The van der Waals surface area contributed by atoms with Gasteiger partial charge in [0.2, 0.25) is 0 Å². The summed E-state index contributed by atoms with van der Waals surface area (Å²) in [5.74, 6) is 0. The van der Waals surface area contributed by atoms with Gasteiger partial charge < -0.3 is 0 Å². The molecule has 0 saturated carbocycles. The summed E-state index contributed by atoms with van der Waals surface area (Å²) in [6.45, 7) is 6.69. The maximum absolute atomic E-state index is 12.2. The Morgan fingerprint density at radius 3 is 2.17 bits per heavy atom. The molecule has 12 heavy (non-hydrogen) atoms. The van der Waals surface area contributed by atoms with Gasteiger partial charge in [-0.25, -0.2) is 0 Å². The first-order valence-corrected chi connectivity index (χ1v) is 3.81. The molecule has 0 radical (unpaired) electrons. The van der Waals surface area contributed by atoms with Crippen molar-refractivity contribution in [1.29, 1.82) is 0 Å². The lowest BCUT2D eigenvalue weighted by molar-refractivity contribution is -0.0940. The average molecular weight is 178 g/mol. The number of rotatable bonds is 3. The van der Waals surface area contributed by atoms with Gasteiger partial charge >= 0.3 is 6.18 Å². The zero-order valence-corrected chi connectivity index (χ0v) is 7.33. The van der Waals surface area contributed by atoms with Crippen molar-refractivity contribution in [2.24, 2.45) is 0 Å². The minimum absolute atomic E-state index is 0.0658. The molecule has 0 aromatic rings. The first kappa shape index (κ1) is 11.3. The summed E-state index contributed by atoms with van der Waals surface area (Å²) in [6.07, 6.45) is -2.53. The monoisotopic (exact) mass is 178 g/mol. The van der Waals surface area contributed by atoms with Crippen LogP contribution in [-0.2, 0) is 0 Å². The van der Waals surface area contributed by atoms with E-state index in [1.165, 1.54) is 0 Å². The van der Waals surface area contributed by atoms with Gasteiger partial charge in [0.15, 0.2) is 0 Å². The molecule has 0 aromatic carbocycles. The van der Waals surface area contributed by atoms with Gasteiger partial charge in [-0.1, -0.05) is 31.6 Å². The predicted molar refractivity (Wildman–Crippen MR) is 43.9 cm³/mol. The third-order valence-electron chi connectivity index (χ3n) is 1.30. The molecule has 0 bridgehead atoms. The molecule has 0 N–H and O–H groups in total. The second kappa shape index (κ2) is 4.33. The van der Waals surface area contributed by atoms with Crippen LogP contribution in [0.1, 0.15) is 26.7 Å². The Bertz CT molecular complexity index is 186. The van der Waals surface area contributed by atoms with E-state index in [9.17, 15) is 13.2 Å². The lowest BCUT2D eigenvalue weighted by Crippen LogP contribution is -2.11. The van der Waals surface area contributed by atoms with Crippen LogP contribution in [0.15, 0.2) is 23.8 Å². The largest absolute Gasteiger partial charge is 0.412 e. The maximum Gasteiger partial charge on any atom is 0.412 e. The first-order chi connectivity index (χ1) is 5.38. The molecule has 0 fully saturated rings. The van der Waals surface area contributed by atoms with Crippen LogP contribution in [0, 0.1) is 0 Å².